The Morgan fingerprint density at radius 3 is 2.69 bits per heavy atom. The van der Waals surface area contributed by atoms with Crippen LogP contribution in [0.2, 0.25) is 10.0 Å². The number of hydrogen-bond donors (Lipinski definition) is 1. The number of benzene rings is 1. The summed E-state index contributed by atoms with van der Waals surface area (Å²) in [6.07, 6.45) is 0. The summed E-state index contributed by atoms with van der Waals surface area (Å²) in [4.78, 5) is 0. The molecule has 0 amide bonds. The molecule has 1 aromatic rings. The predicted octanol–water partition coefficient (Wildman–Crippen LogP) is 2.95. The van der Waals surface area contributed by atoms with Crippen molar-refractivity contribution in [2.45, 2.75) is 0 Å². The van der Waals surface area contributed by atoms with E-state index in [1.807, 2.05) is 0 Å². The molecule has 2 rings (SSSR count). The summed E-state index contributed by atoms with van der Waals surface area (Å²) >= 11 is 11.8. The van der Waals surface area contributed by atoms with E-state index in [2.05, 4.69) is 11.4 Å². The number of ether oxygens (including phenoxy) is 1. The van der Waals surface area contributed by atoms with Crippen molar-refractivity contribution in [2.75, 3.05) is 25.1 Å². The number of anilines is 1. The fourth-order valence-electron chi connectivity index (χ4n) is 1.45. The first-order valence-corrected chi connectivity index (χ1v) is 5.59. The minimum atomic E-state index is -0.414. The quantitative estimate of drug-likeness (QED) is 0.905. The molecule has 1 N–H and O–H groups in total. The summed E-state index contributed by atoms with van der Waals surface area (Å²) in [5, 5.41) is 13.3. The Morgan fingerprint density at radius 1 is 1.44 bits per heavy atom. The van der Waals surface area contributed by atoms with E-state index in [0.29, 0.717) is 29.8 Å². The molecule has 0 bridgehead atoms. The lowest BCUT2D eigenvalue weighted by Gasteiger charge is -2.35. The monoisotopic (exact) mass is 256 g/mol. The average molecular weight is 257 g/mol. The summed E-state index contributed by atoms with van der Waals surface area (Å²) in [6.45, 7) is 1.48. The number of nitrogens with one attached hydrogen (secondary N) is 1. The first-order valence-electron chi connectivity index (χ1n) is 4.83. The van der Waals surface area contributed by atoms with Crippen LogP contribution in [-0.4, -0.2) is 19.8 Å². The van der Waals surface area contributed by atoms with Crippen LogP contribution in [-0.2, 0) is 4.74 Å². The molecule has 1 fully saturated rings. The van der Waals surface area contributed by atoms with Gasteiger partial charge in [0.05, 0.1) is 30.0 Å². The normalized spacial score (nSPS) is 17.3. The van der Waals surface area contributed by atoms with Crippen molar-refractivity contribution in [1.29, 1.82) is 5.26 Å². The Kier molecular flexibility index (Phi) is 3.25. The third kappa shape index (κ3) is 2.25. The predicted molar refractivity (Wildman–Crippen MR) is 63.8 cm³/mol. The number of nitriles is 1. The van der Waals surface area contributed by atoms with Gasteiger partial charge in [-0.2, -0.15) is 5.26 Å². The highest BCUT2D eigenvalue weighted by molar-refractivity contribution is 6.36. The van der Waals surface area contributed by atoms with Crippen molar-refractivity contribution in [3.63, 3.8) is 0 Å². The molecular formula is C11H10Cl2N2O. The summed E-state index contributed by atoms with van der Waals surface area (Å²) < 4.78 is 5.05. The molecule has 0 aromatic heterocycles. The maximum absolute atomic E-state index is 9.00. The highest BCUT2D eigenvalue weighted by atomic mass is 35.5. The molecule has 1 aliphatic heterocycles. The van der Waals surface area contributed by atoms with Gasteiger partial charge in [0.1, 0.15) is 5.41 Å². The van der Waals surface area contributed by atoms with Gasteiger partial charge in [0.15, 0.2) is 0 Å². The number of rotatable bonds is 3. The van der Waals surface area contributed by atoms with E-state index < -0.39 is 5.41 Å². The maximum atomic E-state index is 9.00. The van der Waals surface area contributed by atoms with Gasteiger partial charge in [-0.15, -0.1) is 0 Å². The molecule has 0 spiro atoms. The van der Waals surface area contributed by atoms with E-state index in [4.69, 9.17) is 33.2 Å². The van der Waals surface area contributed by atoms with Crippen LogP contribution in [0.25, 0.3) is 0 Å². The molecular weight excluding hydrogens is 247 g/mol. The van der Waals surface area contributed by atoms with E-state index in [1.54, 1.807) is 18.2 Å². The van der Waals surface area contributed by atoms with E-state index in [1.165, 1.54) is 0 Å². The van der Waals surface area contributed by atoms with Crippen LogP contribution in [0.3, 0.4) is 0 Å². The molecule has 16 heavy (non-hydrogen) atoms. The summed E-state index contributed by atoms with van der Waals surface area (Å²) in [6, 6.07) is 7.48. The summed E-state index contributed by atoms with van der Waals surface area (Å²) in [5.41, 5.74) is 0.371. The fraction of sp³-hybridized carbons (Fsp3) is 0.364. The molecule has 0 unspecified atom stereocenters. The van der Waals surface area contributed by atoms with Gasteiger partial charge in [-0.3, -0.25) is 0 Å². The maximum Gasteiger partial charge on any atom is 0.121 e. The Bertz CT molecular complexity index is 438. The number of halogens is 2. The van der Waals surface area contributed by atoms with E-state index in [-0.39, 0.29) is 0 Å². The van der Waals surface area contributed by atoms with Gasteiger partial charge in [-0.05, 0) is 18.2 Å². The molecule has 5 heteroatoms. The van der Waals surface area contributed by atoms with Gasteiger partial charge >= 0.3 is 0 Å². The standard InChI is InChI=1S/C11H10Cl2N2O/c12-8-1-2-10(9(13)3-8)15-5-11(4-14)6-16-7-11/h1-3,15H,5-7H2. The van der Waals surface area contributed by atoms with Gasteiger partial charge < -0.3 is 10.1 Å². The zero-order chi connectivity index (χ0) is 11.6. The Labute approximate surface area is 104 Å². The second-order valence-corrected chi connectivity index (χ2v) is 4.71. The third-order valence-electron chi connectivity index (χ3n) is 2.54. The largest absolute Gasteiger partial charge is 0.382 e. The van der Waals surface area contributed by atoms with Crippen molar-refractivity contribution in [2.24, 2.45) is 5.41 Å². The van der Waals surface area contributed by atoms with Crippen LogP contribution < -0.4 is 5.32 Å². The third-order valence-corrected chi connectivity index (χ3v) is 3.09. The molecule has 1 heterocycles. The minimum Gasteiger partial charge on any atom is -0.382 e. The SMILES string of the molecule is N#CC1(CNc2ccc(Cl)cc2Cl)COC1. The van der Waals surface area contributed by atoms with Crippen molar-refractivity contribution < 1.29 is 4.74 Å². The lowest BCUT2D eigenvalue weighted by Crippen LogP contribution is -2.46. The molecule has 84 valence electrons. The Morgan fingerprint density at radius 2 is 2.19 bits per heavy atom. The van der Waals surface area contributed by atoms with Crippen LogP contribution >= 0.6 is 23.2 Å². The summed E-state index contributed by atoms with van der Waals surface area (Å²) in [7, 11) is 0. The highest BCUT2D eigenvalue weighted by Crippen LogP contribution is 2.30. The van der Waals surface area contributed by atoms with Gasteiger partial charge in [0, 0.05) is 11.6 Å². The Hall–Kier alpha value is -0.950. The molecule has 0 saturated carbocycles. The topological polar surface area (TPSA) is 45.0 Å². The van der Waals surface area contributed by atoms with E-state index in [0.717, 1.165) is 5.69 Å². The van der Waals surface area contributed by atoms with Crippen LogP contribution in [0.5, 0.6) is 0 Å². The number of nitrogens with zero attached hydrogens (tertiary/aromatic N) is 1. The molecule has 1 aromatic carbocycles. The zero-order valence-corrected chi connectivity index (χ0v) is 9.98. The van der Waals surface area contributed by atoms with E-state index >= 15 is 0 Å². The lowest BCUT2D eigenvalue weighted by molar-refractivity contribution is -0.0690. The highest BCUT2D eigenvalue weighted by Gasteiger charge is 2.38. The smallest absolute Gasteiger partial charge is 0.121 e. The molecule has 1 saturated heterocycles. The lowest BCUT2D eigenvalue weighted by atomic mass is 9.88. The molecule has 3 nitrogen and oxygen atoms in total. The minimum absolute atomic E-state index is 0.414. The van der Waals surface area contributed by atoms with Crippen molar-refractivity contribution in [3.05, 3.63) is 28.2 Å². The van der Waals surface area contributed by atoms with Crippen molar-refractivity contribution in [3.8, 4) is 6.07 Å². The first-order chi connectivity index (χ1) is 7.65. The number of hydrogen-bond acceptors (Lipinski definition) is 3. The second-order valence-electron chi connectivity index (χ2n) is 3.86. The Balaban J connectivity index is 2.02. The van der Waals surface area contributed by atoms with Gasteiger partial charge in [0.2, 0.25) is 0 Å². The van der Waals surface area contributed by atoms with Crippen LogP contribution in [0, 0.1) is 16.7 Å². The van der Waals surface area contributed by atoms with Gasteiger partial charge in [-0.25, -0.2) is 0 Å². The average Bonchev–Trinajstić information content (AvgIpc) is 2.19. The van der Waals surface area contributed by atoms with Crippen LogP contribution in [0.1, 0.15) is 0 Å². The molecule has 0 atom stereocenters. The molecule has 0 aliphatic carbocycles. The van der Waals surface area contributed by atoms with Gasteiger partial charge in [-0.1, -0.05) is 23.2 Å². The van der Waals surface area contributed by atoms with Crippen molar-refractivity contribution in [1.82, 2.24) is 0 Å². The molecule has 1 aliphatic rings. The first kappa shape index (κ1) is 11.5. The van der Waals surface area contributed by atoms with Crippen molar-refractivity contribution >= 4 is 28.9 Å². The van der Waals surface area contributed by atoms with E-state index in [9.17, 15) is 0 Å². The zero-order valence-electron chi connectivity index (χ0n) is 8.46. The summed E-state index contributed by atoms with van der Waals surface area (Å²) in [5.74, 6) is 0. The van der Waals surface area contributed by atoms with Crippen LogP contribution in [0.4, 0.5) is 5.69 Å². The van der Waals surface area contributed by atoms with Crippen LogP contribution in [0.15, 0.2) is 18.2 Å². The second kappa shape index (κ2) is 4.50. The fourth-order valence-corrected chi connectivity index (χ4v) is 1.93. The van der Waals surface area contributed by atoms with Gasteiger partial charge in [0.25, 0.3) is 0 Å². The molecule has 0 radical (unpaired) electrons.